The Balaban J connectivity index is 2.88. The van der Waals surface area contributed by atoms with Gasteiger partial charge in [-0.1, -0.05) is 23.8 Å². The Bertz CT molecular complexity index is 283. The minimum Gasteiger partial charge on any atom is -0.383 e. The summed E-state index contributed by atoms with van der Waals surface area (Å²) in [6, 6.07) is 6.29. The van der Waals surface area contributed by atoms with Crippen molar-refractivity contribution in [3.8, 4) is 0 Å². The fraction of sp³-hybridized carbons (Fsp3) is 0.455. The summed E-state index contributed by atoms with van der Waals surface area (Å²) in [5, 5.41) is 0. The van der Waals surface area contributed by atoms with E-state index in [4.69, 9.17) is 10.5 Å². The van der Waals surface area contributed by atoms with E-state index in [1.165, 1.54) is 16.7 Å². The molecule has 13 heavy (non-hydrogen) atoms. The van der Waals surface area contributed by atoms with Crippen molar-refractivity contribution in [3.63, 3.8) is 0 Å². The molecule has 0 spiro atoms. The average molecular weight is 179 g/mol. The highest BCUT2D eigenvalue weighted by molar-refractivity contribution is 5.32. The number of benzene rings is 1. The van der Waals surface area contributed by atoms with Crippen LogP contribution in [0.25, 0.3) is 0 Å². The van der Waals surface area contributed by atoms with Crippen LogP contribution in [-0.4, -0.2) is 13.7 Å². The molecule has 1 atom stereocenters. The van der Waals surface area contributed by atoms with Crippen LogP contribution in [0.5, 0.6) is 0 Å². The standard InChI is InChI=1S/C11H17NO/c1-8-4-5-10(9(2)6-8)11(12)7-13-3/h4-6,11H,7,12H2,1-3H3. The zero-order valence-electron chi connectivity index (χ0n) is 8.50. The molecule has 2 heteroatoms. The third kappa shape index (κ3) is 2.54. The quantitative estimate of drug-likeness (QED) is 0.769. The molecule has 0 fully saturated rings. The van der Waals surface area contributed by atoms with Gasteiger partial charge in [0, 0.05) is 7.11 Å². The van der Waals surface area contributed by atoms with Crippen LogP contribution in [0.3, 0.4) is 0 Å². The lowest BCUT2D eigenvalue weighted by molar-refractivity contribution is 0.180. The second-order valence-corrected chi connectivity index (χ2v) is 3.42. The molecule has 0 aliphatic carbocycles. The number of methoxy groups -OCH3 is 1. The van der Waals surface area contributed by atoms with Crippen molar-refractivity contribution in [1.29, 1.82) is 0 Å². The number of rotatable bonds is 3. The van der Waals surface area contributed by atoms with Gasteiger partial charge in [0.2, 0.25) is 0 Å². The van der Waals surface area contributed by atoms with E-state index in [9.17, 15) is 0 Å². The van der Waals surface area contributed by atoms with E-state index in [-0.39, 0.29) is 6.04 Å². The van der Waals surface area contributed by atoms with E-state index in [1.54, 1.807) is 7.11 Å². The Hall–Kier alpha value is -0.860. The zero-order chi connectivity index (χ0) is 9.84. The normalized spacial score (nSPS) is 12.9. The summed E-state index contributed by atoms with van der Waals surface area (Å²) in [5.41, 5.74) is 9.61. The number of aryl methyl sites for hydroxylation is 2. The summed E-state index contributed by atoms with van der Waals surface area (Å²) in [4.78, 5) is 0. The van der Waals surface area contributed by atoms with Gasteiger partial charge in [0.15, 0.2) is 0 Å². The maximum Gasteiger partial charge on any atom is 0.0655 e. The molecule has 0 bridgehead atoms. The van der Waals surface area contributed by atoms with E-state index in [0.29, 0.717) is 6.61 Å². The minimum absolute atomic E-state index is 0.00870. The molecule has 2 nitrogen and oxygen atoms in total. The molecule has 0 aliphatic rings. The molecule has 0 aliphatic heterocycles. The molecule has 0 saturated heterocycles. The Kier molecular flexibility index (Phi) is 3.46. The Labute approximate surface area is 79.7 Å². The fourth-order valence-electron chi connectivity index (χ4n) is 1.51. The van der Waals surface area contributed by atoms with Gasteiger partial charge in [-0.2, -0.15) is 0 Å². The molecule has 1 aromatic carbocycles. The van der Waals surface area contributed by atoms with Crippen molar-refractivity contribution in [2.45, 2.75) is 19.9 Å². The van der Waals surface area contributed by atoms with Crippen LogP contribution in [-0.2, 0) is 4.74 Å². The highest BCUT2D eigenvalue weighted by Gasteiger charge is 2.07. The van der Waals surface area contributed by atoms with Gasteiger partial charge in [0.05, 0.1) is 12.6 Å². The number of hydrogen-bond acceptors (Lipinski definition) is 2. The van der Waals surface area contributed by atoms with Gasteiger partial charge in [0.1, 0.15) is 0 Å². The van der Waals surface area contributed by atoms with Gasteiger partial charge in [-0.3, -0.25) is 0 Å². The molecule has 1 rings (SSSR count). The summed E-state index contributed by atoms with van der Waals surface area (Å²) < 4.78 is 5.02. The Morgan fingerprint density at radius 2 is 2.08 bits per heavy atom. The lowest BCUT2D eigenvalue weighted by Gasteiger charge is -2.13. The largest absolute Gasteiger partial charge is 0.383 e. The van der Waals surface area contributed by atoms with Crippen molar-refractivity contribution >= 4 is 0 Å². The van der Waals surface area contributed by atoms with Gasteiger partial charge in [0.25, 0.3) is 0 Å². The average Bonchev–Trinajstić information content (AvgIpc) is 2.04. The second-order valence-electron chi connectivity index (χ2n) is 3.42. The second kappa shape index (κ2) is 4.40. The van der Waals surface area contributed by atoms with Crippen molar-refractivity contribution in [3.05, 3.63) is 34.9 Å². The fourth-order valence-corrected chi connectivity index (χ4v) is 1.51. The number of hydrogen-bond donors (Lipinski definition) is 1. The summed E-state index contributed by atoms with van der Waals surface area (Å²) >= 11 is 0. The van der Waals surface area contributed by atoms with Crippen LogP contribution < -0.4 is 5.73 Å². The van der Waals surface area contributed by atoms with Crippen LogP contribution in [0.1, 0.15) is 22.7 Å². The first-order valence-electron chi connectivity index (χ1n) is 4.47. The highest BCUT2D eigenvalue weighted by atomic mass is 16.5. The van der Waals surface area contributed by atoms with E-state index in [1.807, 2.05) is 0 Å². The predicted octanol–water partition coefficient (Wildman–Crippen LogP) is 1.95. The van der Waals surface area contributed by atoms with Gasteiger partial charge in [-0.15, -0.1) is 0 Å². The molecule has 72 valence electrons. The van der Waals surface area contributed by atoms with Crippen LogP contribution >= 0.6 is 0 Å². The van der Waals surface area contributed by atoms with E-state index in [0.717, 1.165) is 0 Å². The van der Waals surface area contributed by atoms with Crippen LogP contribution in [0.4, 0.5) is 0 Å². The first kappa shape index (κ1) is 10.2. The van der Waals surface area contributed by atoms with Crippen LogP contribution in [0, 0.1) is 13.8 Å². The third-order valence-corrected chi connectivity index (χ3v) is 2.17. The van der Waals surface area contributed by atoms with Crippen molar-refractivity contribution < 1.29 is 4.74 Å². The molecular weight excluding hydrogens is 162 g/mol. The van der Waals surface area contributed by atoms with Crippen LogP contribution in [0.15, 0.2) is 18.2 Å². The topological polar surface area (TPSA) is 35.2 Å². The Morgan fingerprint density at radius 3 is 2.62 bits per heavy atom. The number of nitrogens with two attached hydrogens (primary N) is 1. The van der Waals surface area contributed by atoms with Gasteiger partial charge >= 0.3 is 0 Å². The lowest BCUT2D eigenvalue weighted by atomic mass is 10.0. The molecule has 1 unspecified atom stereocenters. The monoisotopic (exact) mass is 179 g/mol. The summed E-state index contributed by atoms with van der Waals surface area (Å²) in [6.07, 6.45) is 0. The zero-order valence-corrected chi connectivity index (χ0v) is 8.50. The molecule has 0 heterocycles. The van der Waals surface area contributed by atoms with Gasteiger partial charge in [-0.05, 0) is 25.0 Å². The lowest BCUT2D eigenvalue weighted by Crippen LogP contribution is -2.17. The maximum absolute atomic E-state index is 5.93. The first-order chi connectivity index (χ1) is 6.15. The highest BCUT2D eigenvalue weighted by Crippen LogP contribution is 2.16. The molecule has 0 saturated carbocycles. The molecule has 0 amide bonds. The molecule has 0 radical (unpaired) electrons. The smallest absolute Gasteiger partial charge is 0.0655 e. The maximum atomic E-state index is 5.93. The number of ether oxygens (including phenoxy) is 1. The van der Waals surface area contributed by atoms with Gasteiger partial charge < -0.3 is 10.5 Å². The molecule has 1 aromatic rings. The molecular formula is C11H17NO. The van der Waals surface area contributed by atoms with E-state index in [2.05, 4.69) is 32.0 Å². The first-order valence-corrected chi connectivity index (χ1v) is 4.47. The summed E-state index contributed by atoms with van der Waals surface area (Å²) in [6.45, 7) is 4.74. The van der Waals surface area contributed by atoms with Crippen molar-refractivity contribution in [2.75, 3.05) is 13.7 Å². The predicted molar refractivity (Wildman–Crippen MR) is 54.7 cm³/mol. The van der Waals surface area contributed by atoms with Gasteiger partial charge in [-0.25, -0.2) is 0 Å². The SMILES string of the molecule is COCC(N)c1ccc(C)cc1C. The van der Waals surface area contributed by atoms with Crippen molar-refractivity contribution in [2.24, 2.45) is 5.73 Å². The van der Waals surface area contributed by atoms with E-state index >= 15 is 0 Å². The minimum atomic E-state index is -0.00870. The summed E-state index contributed by atoms with van der Waals surface area (Å²) in [5.74, 6) is 0. The van der Waals surface area contributed by atoms with Crippen LogP contribution in [0.2, 0.25) is 0 Å². The van der Waals surface area contributed by atoms with E-state index < -0.39 is 0 Å². The third-order valence-electron chi connectivity index (χ3n) is 2.17. The summed E-state index contributed by atoms with van der Waals surface area (Å²) in [7, 11) is 1.67. The van der Waals surface area contributed by atoms with Crippen molar-refractivity contribution in [1.82, 2.24) is 0 Å². The molecule has 2 N–H and O–H groups in total. The Morgan fingerprint density at radius 1 is 1.38 bits per heavy atom. The molecule has 0 aromatic heterocycles.